The van der Waals surface area contributed by atoms with Crippen molar-refractivity contribution in [3.8, 4) is 0 Å². The maximum Gasteiger partial charge on any atom is 0.264 e. The second kappa shape index (κ2) is 6.44. The van der Waals surface area contributed by atoms with Crippen LogP contribution in [0.5, 0.6) is 0 Å². The highest BCUT2D eigenvalue weighted by Crippen LogP contribution is 2.15. The highest BCUT2D eigenvalue weighted by atomic mass is 16.5. The van der Waals surface area contributed by atoms with Crippen LogP contribution < -0.4 is 16.2 Å². The van der Waals surface area contributed by atoms with Gasteiger partial charge in [-0.3, -0.25) is 9.59 Å². The Kier molecular flexibility index (Phi) is 4.64. The Morgan fingerprint density at radius 2 is 2.37 bits per heavy atom. The number of hydrogen-bond donors (Lipinski definition) is 3. The monoisotopic (exact) mass is 266 g/mol. The van der Waals surface area contributed by atoms with Gasteiger partial charge < -0.3 is 15.4 Å². The van der Waals surface area contributed by atoms with Crippen molar-refractivity contribution in [1.29, 1.82) is 0 Å². The maximum absolute atomic E-state index is 12.1. The van der Waals surface area contributed by atoms with E-state index < -0.39 is 0 Å². The molecule has 1 aromatic rings. The summed E-state index contributed by atoms with van der Waals surface area (Å²) in [5, 5.41) is 12.0. The molecule has 2 heterocycles. The molecule has 2 rings (SSSR count). The number of aromatic nitrogens is 2. The van der Waals surface area contributed by atoms with Gasteiger partial charge in [0.1, 0.15) is 0 Å². The van der Waals surface area contributed by atoms with Gasteiger partial charge >= 0.3 is 0 Å². The van der Waals surface area contributed by atoms with E-state index in [1.807, 2.05) is 0 Å². The van der Waals surface area contributed by atoms with Crippen molar-refractivity contribution >= 4 is 11.7 Å². The highest BCUT2D eigenvalue weighted by molar-refractivity contribution is 5.92. The minimum absolute atomic E-state index is 0.0303. The molecule has 0 saturated carbocycles. The molecule has 0 aromatic carbocycles. The molecule has 7 nitrogen and oxygen atoms in total. The first-order valence-corrected chi connectivity index (χ1v) is 6.38. The Balaban J connectivity index is 1.94. The number of carbonyl (C=O) groups is 1. The summed E-state index contributed by atoms with van der Waals surface area (Å²) in [5.74, 6) is -0.0447. The van der Waals surface area contributed by atoms with E-state index in [-0.39, 0.29) is 23.4 Å². The molecule has 0 spiro atoms. The molecule has 1 aromatic heterocycles. The molecular formula is C12H18N4O3. The van der Waals surface area contributed by atoms with Crippen LogP contribution >= 0.6 is 0 Å². The van der Waals surface area contributed by atoms with Crippen molar-refractivity contribution in [3.05, 3.63) is 22.5 Å². The third kappa shape index (κ3) is 3.62. The van der Waals surface area contributed by atoms with Gasteiger partial charge in [0, 0.05) is 12.1 Å². The zero-order valence-electron chi connectivity index (χ0n) is 10.8. The van der Waals surface area contributed by atoms with Gasteiger partial charge in [-0.05, 0) is 19.0 Å². The summed E-state index contributed by atoms with van der Waals surface area (Å²) in [5.41, 5.74) is -0.301. The SMILES string of the molecule is CCCNC1COCC1C(=O)Nc1ccc(=O)[nH]n1. The maximum atomic E-state index is 12.1. The normalized spacial score (nSPS) is 22.4. The van der Waals surface area contributed by atoms with Gasteiger partial charge in [0.25, 0.3) is 5.56 Å². The van der Waals surface area contributed by atoms with Crippen LogP contribution in [0.25, 0.3) is 0 Å². The molecule has 1 aliphatic rings. The fraction of sp³-hybridized carbons (Fsp3) is 0.583. The van der Waals surface area contributed by atoms with Crippen LogP contribution in [0.1, 0.15) is 13.3 Å². The van der Waals surface area contributed by atoms with Crippen LogP contribution in [0.15, 0.2) is 16.9 Å². The highest BCUT2D eigenvalue weighted by Gasteiger charge is 2.33. The third-order valence-electron chi connectivity index (χ3n) is 3.00. The molecular weight excluding hydrogens is 248 g/mol. The fourth-order valence-electron chi connectivity index (χ4n) is 1.98. The van der Waals surface area contributed by atoms with Gasteiger partial charge in [0.2, 0.25) is 5.91 Å². The van der Waals surface area contributed by atoms with Gasteiger partial charge in [-0.2, -0.15) is 5.10 Å². The van der Waals surface area contributed by atoms with E-state index in [9.17, 15) is 9.59 Å². The van der Waals surface area contributed by atoms with Crippen LogP contribution in [-0.4, -0.2) is 41.9 Å². The Hall–Kier alpha value is -1.73. The van der Waals surface area contributed by atoms with Crippen molar-refractivity contribution in [1.82, 2.24) is 15.5 Å². The number of hydrogen-bond acceptors (Lipinski definition) is 5. The van der Waals surface area contributed by atoms with Gasteiger partial charge in [-0.15, -0.1) is 0 Å². The van der Waals surface area contributed by atoms with Gasteiger partial charge in [-0.25, -0.2) is 5.10 Å². The van der Waals surface area contributed by atoms with Crippen LogP contribution in [0.3, 0.4) is 0 Å². The molecule has 0 bridgehead atoms. The van der Waals surface area contributed by atoms with Gasteiger partial charge in [0.05, 0.1) is 19.1 Å². The molecule has 1 saturated heterocycles. The van der Waals surface area contributed by atoms with Crippen molar-refractivity contribution in [3.63, 3.8) is 0 Å². The van der Waals surface area contributed by atoms with Crippen LogP contribution in [-0.2, 0) is 9.53 Å². The smallest absolute Gasteiger partial charge is 0.264 e. The minimum Gasteiger partial charge on any atom is -0.379 e. The first-order chi connectivity index (χ1) is 9.20. The molecule has 3 N–H and O–H groups in total. The number of anilines is 1. The third-order valence-corrected chi connectivity index (χ3v) is 3.00. The molecule has 2 unspecified atom stereocenters. The molecule has 0 radical (unpaired) electrons. The summed E-state index contributed by atoms with van der Waals surface area (Å²) in [7, 11) is 0. The van der Waals surface area contributed by atoms with Crippen molar-refractivity contribution in [2.75, 3.05) is 25.1 Å². The Labute approximate surface area is 110 Å². The average molecular weight is 266 g/mol. The molecule has 104 valence electrons. The second-order valence-electron chi connectivity index (χ2n) is 4.50. The predicted octanol–water partition coefficient (Wildman–Crippen LogP) is -0.277. The molecule has 0 aliphatic carbocycles. The standard InChI is InChI=1S/C12H18N4O3/c1-2-5-13-9-7-19-6-8(9)12(18)14-10-3-4-11(17)16-15-10/h3-4,8-9,13H,2,5-7H2,1H3,(H,16,17)(H,14,15,18). The lowest BCUT2D eigenvalue weighted by molar-refractivity contribution is -0.120. The lowest BCUT2D eigenvalue weighted by atomic mass is 10.0. The summed E-state index contributed by atoms with van der Waals surface area (Å²) < 4.78 is 5.34. The summed E-state index contributed by atoms with van der Waals surface area (Å²) >= 11 is 0. The number of ether oxygens (including phenoxy) is 1. The van der Waals surface area contributed by atoms with E-state index in [1.54, 1.807) is 0 Å². The molecule has 19 heavy (non-hydrogen) atoms. The lowest BCUT2D eigenvalue weighted by Crippen LogP contribution is -2.41. The first-order valence-electron chi connectivity index (χ1n) is 6.38. The Bertz CT molecular complexity index is 468. The summed E-state index contributed by atoms with van der Waals surface area (Å²) in [4.78, 5) is 23.0. The van der Waals surface area contributed by atoms with Crippen molar-refractivity contribution < 1.29 is 9.53 Å². The van der Waals surface area contributed by atoms with E-state index in [2.05, 4.69) is 27.8 Å². The summed E-state index contributed by atoms with van der Waals surface area (Å²) in [6.07, 6.45) is 1.01. The molecule has 1 fully saturated rings. The number of aromatic amines is 1. The molecule has 2 atom stereocenters. The van der Waals surface area contributed by atoms with E-state index in [4.69, 9.17) is 4.74 Å². The summed E-state index contributed by atoms with van der Waals surface area (Å²) in [6, 6.07) is 2.82. The number of nitrogens with zero attached hydrogens (tertiary/aromatic N) is 1. The number of rotatable bonds is 5. The average Bonchev–Trinajstić information content (AvgIpc) is 2.87. The van der Waals surface area contributed by atoms with Crippen molar-refractivity contribution in [2.45, 2.75) is 19.4 Å². The zero-order chi connectivity index (χ0) is 13.7. The largest absolute Gasteiger partial charge is 0.379 e. The van der Waals surface area contributed by atoms with Crippen LogP contribution in [0.4, 0.5) is 5.82 Å². The zero-order valence-corrected chi connectivity index (χ0v) is 10.8. The van der Waals surface area contributed by atoms with Crippen LogP contribution in [0.2, 0.25) is 0 Å². The van der Waals surface area contributed by atoms with Crippen LogP contribution in [0, 0.1) is 5.92 Å². The van der Waals surface area contributed by atoms with E-state index >= 15 is 0 Å². The molecule has 1 amide bonds. The lowest BCUT2D eigenvalue weighted by Gasteiger charge is -2.17. The van der Waals surface area contributed by atoms with Gasteiger partial charge in [-0.1, -0.05) is 6.92 Å². The van der Waals surface area contributed by atoms with Gasteiger partial charge in [0.15, 0.2) is 5.82 Å². The topological polar surface area (TPSA) is 96.1 Å². The fourth-order valence-corrected chi connectivity index (χ4v) is 1.98. The number of amides is 1. The summed E-state index contributed by atoms with van der Waals surface area (Å²) in [6.45, 7) is 3.87. The molecule has 1 aliphatic heterocycles. The van der Waals surface area contributed by atoms with E-state index in [0.29, 0.717) is 19.0 Å². The number of H-pyrrole nitrogens is 1. The molecule has 7 heteroatoms. The second-order valence-corrected chi connectivity index (χ2v) is 4.50. The number of carbonyl (C=O) groups excluding carboxylic acids is 1. The van der Waals surface area contributed by atoms with E-state index in [0.717, 1.165) is 13.0 Å². The predicted molar refractivity (Wildman–Crippen MR) is 69.9 cm³/mol. The minimum atomic E-state index is -0.301. The number of nitrogens with one attached hydrogen (secondary N) is 3. The quantitative estimate of drug-likeness (QED) is 0.681. The first kappa shape index (κ1) is 13.7. The Morgan fingerprint density at radius 3 is 3.05 bits per heavy atom. The van der Waals surface area contributed by atoms with E-state index in [1.165, 1.54) is 12.1 Å². The van der Waals surface area contributed by atoms with Crippen molar-refractivity contribution in [2.24, 2.45) is 5.92 Å². The Morgan fingerprint density at radius 1 is 1.53 bits per heavy atom.